The Kier molecular flexibility index (Phi) is 3.10. The summed E-state index contributed by atoms with van der Waals surface area (Å²) in [6.45, 7) is 0. The van der Waals surface area contributed by atoms with E-state index in [9.17, 15) is 4.79 Å². The van der Waals surface area contributed by atoms with Crippen LogP contribution >= 0.6 is 0 Å². The number of hydrogen-bond donors (Lipinski definition) is 3. The molecule has 16 heavy (non-hydrogen) atoms. The fourth-order valence-corrected chi connectivity index (χ4v) is 2.09. The molecule has 1 aromatic carbocycles. The maximum Gasteiger partial charge on any atom is 0.320 e. The van der Waals surface area contributed by atoms with Crippen LogP contribution in [0.3, 0.4) is 0 Å². The first-order valence-electron chi connectivity index (χ1n) is 5.42. The molecule has 1 fully saturated rings. The molecule has 1 aliphatic rings. The van der Waals surface area contributed by atoms with E-state index in [2.05, 4.69) is 5.32 Å². The van der Waals surface area contributed by atoms with E-state index in [1.807, 2.05) is 12.1 Å². The van der Waals surface area contributed by atoms with E-state index in [1.54, 1.807) is 12.1 Å². The average molecular weight is 221 g/mol. The van der Waals surface area contributed by atoms with Crippen LogP contribution in [0.4, 0.5) is 0 Å². The van der Waals surface area contributed by atoms with E-state index in [0.717, 1.165) is 18.4 Å². The van der Waals surface area contributed by atoms with Crippen molar-refractivity contribution in [2.45, 2.75) is 31.3 Å². The molecular weight excluding hydrogens is 206 g/mol. The van der Waals surface area contributed by atoms with Gasteiger partial charge in [0.15, 0.2) is 0 Å². The van der Waals surface area contributed by atoms with Crippen LogP contribution < -0.4 is 5.32 Å². The second-order valence-electron chi connectivity index (χ2n) is 4.20. The van der Waals surface area contributed by atoms with Gasteiger partial charge in [-0.2, -0.15) is 0 Å². The molecule has 0 spiro atoms. The van der Waals surface area contributed by atoms with Crippen molar-refractivity contribution in [1.82, 2.24) is 5.32 Å². The quantitative estimate of drug-likeness (QED) is 0.716. The van der Waals surface area contributed by atoms with Gasteiger partial charge in [0.25, 0.3) is 0 Å². The number of phenols is 1. The van der Waals surface area contributed by atoms with Crippen LogP contribution in [0, 0.1) is 0 Å². The molecule has 0 bridgehead atoms. The summed E-state index contributed by atoms with van der Waals surface area (Å²) in [4.78, 5) is 10.7. The fraction of sp³-hybridized carbons (Fsp3) is 0.417. The lowest BCUT2D eigenvalue weighted by Crippen LogP contribution is -2.36. The third-order valence-electron chi connectivity index (χ3n) is 2.96. The van der Waals surface area contributed by atoms with Crippen molar-refractivity contribution in [2.75, 3.05) is 0 Å². The zero-order chi connectivity index (χ0) is 11.5. The Labute approximate surface area is 93.9 Å². The van der Waals surface area contributed by atoms with E-state index in [1.165, 1.54) is 0 Å². The molecule has 0 aliphatic carbocycles. The Balaban J connectivity index is 1.92. The topological polar surface area (TPSA) is 69.6 Å². The third kappa shape index (κ3) is 2.52. The summed E-state index contributed by atoms with van der Waals surface area (Å²) in [5.74, 6) is -0.514. The van der Waals surface area contributed by atoms with Gasteiger partial charge in [-0.15, -0.1) is 0 Å². The van der Waals surface area contributed by atoms with Crippen LogP contribution in [0.1, 0.15) is 18.4 Å². The van der Waals surface area contributed by atoms with E-state index in [0.29, 0.717) is 6.42 Å². The number of carboxylic acid groups (broad SMARTS) is 1. The van der Waals surface area contributed by atoms with Crippen LogP contribution in [0.2, 0.25) is 0 Å². The van der Waals surface area contributed by atoms with E-state index >= 15 is 0 Å². The number of phenolic OH excluding ortho intramolecular Hbond substituents is 1. The van der Waals surface area contributed by atoms with Crippen molar-refractivity contribution in [3.05, 3.63) is 29.8 Å². The Morgan fingerprint density at radius 2 is 2.00 bits per heavy atom. The van der Waals surface area contributed by atoms with Crippen LogP contribution in [-0.2, 0) is 11.2 Å². The summed E-state index contributed by atoms with van der Waals surface area (Å²) >= 11 is 0. The third-order valence-corrected chi connectivity index (χ3v) is 2.96. The second-order valence-corrected chi connectivity index (χ2v) is 4.20. The van der Waals surface area contributed by atoms with E-state index in [-0.39, 0.29) is 11.8 Å². The van der Waals surface area contributed by atoms with Gasteiger partial charge in [0.2, 0.25) is 0 Å². The van der Waals surface area contributed by atoms with Crippen molar-refractivity contribution in [1.29, 1.82) is 0 Å². The monoisotopic (exact) mass is 221 g/mol. The molecule has 0 amide bonds. The van der Waals surface area contributed by atoms with Crippen molar-refractivity contribution < 1.29 is 15.0 Å². The lowest BCUT2D eigenvalue weighted by molar-refractivity contribution is -0.139. The molecule has 2 atom stereocenters. The lowest BCUT2D eigenvalue weighted by Gasteiger charge is -2.11. The van der Waals surface area contributed by atoms with Crippen LogP contribution in [0.5, 0.6) is 5.75 Å². The van der Waals surface area contributed by atoms with Crippen LogP contribution in [0.15, 0.2) is 24.3 Å². The fourth-order valence-electron chi connectivity index (χ4n) is 2.09. The van der Waals surface area contributed by atoms with Gasteiger partial charge in [0.05, 0.1) is 0 Å². The lowest BCUT2D eigenvalue weighted by atomic mass is 10.0. The number of hydrogen-bond acceptors (Lipinski definition) is 3. The standard InChI is InChI=1S/C12H15NO3/c14-10-4-1-8(2-5-10)7-9-3-6-11(13-9)12(15)16/h1-2,4-5,9,11,13-14H,3,6-7H2,(H,15,16)/t9-,11+/m0/s1. The molecule has 3 N–H and O–H groups in total. The number of aromatic hydroxyl groups is 1. The van der Waals surface area contributed by atoms with Gasteiger partial charge in [-0.05, 0) is 37.0 Å². The maximum absolute atomic E-state index is 10.7. The molecule has 0 radical (unpaired) electrons. The SMILES string of the molecule is O=C(O)[C@H]1CC[C@@H](Cc2ccc(O)cc2)N1. The highest BCUT2D eigenvalue weighted by Gasteiger charge is 2.28. The maximum atomic E-state index is 10.7. The Morgan fingerprint density at radius 3 is 2.56 bits per heavy atom. The van der Waals surface area contributed by atoms with Gasteiger partial charge in [-0.1, -0.05) is 12.1 Å². The number of nitrogens with one attached hydrogen (secondary N) is 1. The van der Waals surface area contributed by atoms with E-state index in [4.69, 9.17) is 10.2 Å². The van der Waals surface area contributed by atoms with Gasteiger partial charge in [0.1, 0.15) is 11.8 Å². The number of carbonyl (C=O) groups is 1. The Hall–Kier alpha value is -1.55. The molecule has 1 aromatic rings. The Morgan fingerprint density at radius 1 is 1.31 bits per heavy atom. The van der Waals surface area contributed by atoms with Crippen LogP contribution in [-0.4, -0.2) is 28.3 Å². The van der Waals surface area contributed by atoms with Crippen molar-refractivity contribution in [3.63, 3.8) is 0 Å². The van der Waals surface area contributed by atoms with E-state index < -0.39 is 12.0 Å². The number of aliphatic carboxylic acids is 1. The molecule has 2 rings (SSSR count). The van der Waals surface area contributed by atoms with Gasteiger partial charge in [0, 0.05) is 6.04 Å². The normalized spacial score (nSPS) is 24.5. The van der Waals surface area contributed by atoms with Gasteiger partial charge in [-0.25, -0.2) is 0 Å². The highest BCUT2D eigenvalue weighted by molar-refractivity contribution is 5.73. The predicted molar refractivity (Wildman–Crippen MR) is 59.4 cm³/mol. The van der Waals surface area contributed by atoms with Gasteiger partial charge in [-0.3, -0.25) is 4.79 Å². The van der Waals surface area contributed by atoms with Crippen molar-refractivity contribution in [2.24, 2.45) is 0 Å². The highest BCUT2D eigenvalue weighted by atomic mass is 16.4. The first kappa shape index (κ1) is 11.0. The predicted octanol–water partition coefficient (Wildman–Crippen LogP) is 1.14. The minimum Gasteiger partial charge on any atom is -0.508 e. The molecule has 0 aromatic heterocycles. The molecular formula is C12H15NO3. The Bertz CT molecular complexity index is 374. The molecule has 0 saturated carbocycles. The zero-order valence-corrected chi connectivity index (χ0v) is 8.89. The molecule has 4 nitrogen and oxygen atoms in total. The molecule has 0 unspecified atom stereocenters. The van der Waals surface area contributed by atoms with Gasteiger partial charge >= 0.3 is 5.97 Å². The first-order chi connectivity index (χ1) is 7.65. The largest absolute Gasteiger partial charge is 0.508 e. The van der Waals surface area contributed by atoms with Crippen LogP contribution in [0.25, 0.3) is 0 Å². The molecule has 1 aliphatic heterocycles. The summed E-state index contributed by atoms with van der Waals surface area (Å²) in [6.07, 6.45) is 2.39. The molecule has 4 heteroatoms. The second kappa shape index (κ2) is 4.53. The molecule has 1 heterocycles. The summed E-state index contributed by atoms with van der Waals surface area (Å²) < 4.78 is 0. The number of benzene rings is 1. The first-order valence-corrected chi connectivity index (χ1v) is 5.42. The summed E-state index contributed by atoms with van der Waals surface area (Å²) in [7, 11) is 0. The average Bonchev–Trinajstić information content (AvgIpc) is 2.70. The minimum absolute atomic E-state index is 0.227. The summed E-state index contributed by atoms with van der Waals surface area (Å²) in [5, 5.41) is 21.1. The van der Waals surface area contributed by atoms with Crippen molar-refractivity contribution >= 4 is 5.97 Å². The van der Waals surface area contributed by atoms with Gasteiger partial charge < -0.3 is 15.5 Å². The summed E-state index contributed by atoms with van der Waals surface area (Å²) in [5.41, 5.74) is 1.11. The number of rotatable bonds is 3. The molecule has 1 saturated heterocycles. The highest BCUT2D eigenvalue weighted by Crippen LogP contribution is 2.18. The minimum atomic E-state index is -0.770. The smallest absolute Gasteiger partial charge is 0.320 e. The molecule has 86 valence electrons. The number of carboxylic acids is 1. The zero-order valence-electron chi connectivity index (χ0n) is 8.89. The summed E-state index contributed by atoms with van der Waals surface area (Å²) in [6, 6.07) is 6.86. The van der Waals surface area contributed by atoms with Crippen molar-refractivity contribution in [3.8, 4) is 5.75 Å².